The maximum absolute atomic E-state index is 11.1. The molecule has 0 spiro atoms. The molecular formula is C12H10N6O2S. The number of nitrogen functional groups attached to an aromatic ring is 1. The summed E-state index contributed by atoms with van der Waals surface area (Å²) in [4.78, 5) is 15.4. The fourth-order valence-electron chi connectivity index (χ4n) is 1.91. The first-order valence-corrected chi connectivity index (χ1v) is 6.75. The van der Waals surface area contributed by atoms with Crippen molar-refractivity contribution < 1.29 is 4.92 Å². The Hall–Kier alpha value is -2.68. The number of hydrogen-bond donors (Lipinski definition) is 1. The number of non-ortho nitro benzene ring substituents is 1. The van der Waals surface area contributed by atoms with Gasteiger partial charge in [-0.2, -0.15) is 0 Å². The molecule has 3 aromatic rings. The van der Waals surface area contributed by atoms with Gasteiger partial charge >= 0.3 is 0 Å². The van der Waals surface area contributed by atoms with E-state index in [1.165, 1.54) is 28.7 Å². The van der Waals surface area contributed by atoms with Crippen LogP contribution in [-0.4, -0.2) is 24.8 Å². The second-order valence-electron chi connectivity index (χ2n) is 4.26. The minimum Gasteiger partial charge on any atom is -0.336 e. The zero-order valence-corrected chi connectivity index (χ0v) is 11.7. The van der Waals surface area contributed by atoms with Gasteiger partial charge in [0.15, 0.2) is 0 Å². The van der Waals surface area contributed by atoms with E-state index in [4.69, 9.17) is 5.84 Å². The van der Waals surface area contributed by atoms with Crippen molar-refractivity contribution in [1.29, 1.82) is 0 Å². The molecule has 0 radical (unpaired) electrons. The van der Waals surface area contributed by atoms with Crippen molar-refractivity contribution in [2.24, 2.45) is 0 Å². The third-order valence-corrected chi connectivity index (χ3v) is 4.02. The minimum absolute atomic E-state index is 0.0212. The molecule has 0 aliphatic carbocycles. The summed E-state index contributed by atoms with van der Waals surface area (Å²) in [6.07, 6.45) is 3.07. The monoisotopic (exact) mass is 302 g/mol. The van der Waals surface area contributed by atoms with Crippen molar-refractivity contribution in [2.75, 3.05) is 5.84 Å². The molecule has 0 atom stereocenters. The molecule has 0 fully saturated rings. The van der Waals surface area contributed by atoms with E-state index in [1.54, 1.807) is 25.3 Å². The largest absolute Gasteiger partial charge is 0.336 e. The predicted molar refractivity (Wildman–Crippen MR) is 77.4 cm³/mol. The van der Waals surface area contributed by atoms with E-state index in [0.29, 0.717) is 16.4 Å². The first-order chi connectivity index (χ1) is 10.1. The van der Waals surface area contributed by atoms with Crippen LogP contribution in [0.15, 0.2) is 40.6 Å². The van der Waals surface area contributed by atoms with Gasteiger partial charge in [0.1, 0.15) is 5.82 Å². The van der Waals surface area contributed by atoms with Crippen molar-refractivity contribution in [1.82, 2.24) is 19.9 Å². The van der Waals surface area contributed by atoms with Crippen LogP contribution in [0.3, 0.4) is 0 Å². The first kappa shape index (κ1) is 13.3. The number of rotatable bonds is 3. The molecule has 0 saturated carbocycles. The number of pyridine rings is 1. The lowest BCUT2D eigenvalue weighted by atomic mass is 10.1. The van der Waals surface area contributed by atoms with Crippen LogP contribution in [0.1, 0.15) is 5.82 Å². The smallest absolute Gasteiger partial charge is 0.278 e. The Morgan fingerprint density at radius 1 is 1.29 bits per heavy atom. The lowest BCUT2D eigenvalue weighted by Crippen LogP contribution is -2.11. The second kappa shape index (κ2) is 5.02. The Bertz CT molecular complexity index is 847. The Morgan fingerprint density at radius 2 is 2.10 bits per heavy atom. The molecule has 2 N–H and O–H groups in total. The maximum Gasteiger partial charge on any atom is 0.278 e. The Labute approximate surface area is 123 Å². The van der Waals surface area contributed by atoms with Crippen molar-refractivity contribution in [3.05, 3.63) is 46.5 Å². The van der Waals surface area contributed by atoms with Crippen LogP contribution in [0.5, 0.6) is 0 Å². The van der Waals surface area contributed by atoms with Gasteiger partial charge in [0.25, 0.3) is 5.69 Å². The Balaban J connectivity index is 2.14. The van der Waals surface area contributed by atoms with Gasteiger partial charge in [-0.15, -0.1) is 10.2 Å². The van der Waals surface area contributed by atoms with Gasteiger partial charge in [-0.1, -0.05) is 0 Å². The van der Waals surface area contributed by atoms with E-state index >= 15 is 0 Å². The van der Waals surface area contributed by atoms with Gasteiger partial charge in [-0.3, -0.25) is 15.1 Å². The van der Waals surface area contributed by atoms with Crippen LogP contribution < -0.4 is 5.84 Å². The average molecular weight is 302 g/mol. The fraction of sp³-hybridized carbons (Fsp3) is 0.0833. The standard InChI is InChI=1S/C12H10N6O2S/c1-7-15-16-12(17(7)13)21-11-3-2-10(18(19)20)9-6-14-5-4-8(9)11/h2-6H,13H2,1H3. The molecule has 0 amide bonds. The van der Waals surface area contributed by atoms with E-state index in [2.05, 4.69) is 15.2 Å². The van der Waals surface area contributed by atoms with Gasteiger partial charge in [-0.25, -0.2) is 4.68 Å². The summed E-state index contributed by atoms with van der Waals surface area (Å²) in [6, 6.07) is 4.86. The number of fused-ring (bicyclic) bond motifs is 1. The van der Waals surface area contributed by atoms with Gasteiger partial charge in [0.05, 0.1) is 10.3 Å². The summed E-state index contributed by atoms with van der Waals surface area (Å²) in [5.41, 5.74) is 0.0212. The van der Waals surface area contributed by atoms with Gasteiger partial charge in [-0.05, 0) is 30.8 Å². The summed E-state index contributed by atoms with van der Waals surface area (Å²) in [6.45, 7) is 1.74. The fourth-order valence-corrected chi connectivity index (χ4v) is 2.85. The summed E-state index contributed by atoms with van der Waals surface area (Å²) < 4.78 is 1.37. The van der Waals surface area contributed by atoms with E-state index in [9.17, 15) is 10.1 Å². The summed E-state index contributed by atoms with van der Waals surface area (Å²) in [7, 11) is 0. The lowest BCUT2D eigenvalue weighted by Gasteiger charge is -2.06. The highest BCUT2D eigenvalue weighted by atomic mass is 32.2. The first-order valence-electron chi connectivity index (χ1n) is 5.94. The van der Waals surface area contributed by atoms with E-state index < -0.39 is 4.92 Å². The number of hydrogen-bond acceptors (Lipinski definition) is 7. The molecule has 9 heteroatoms. The average Bonchev–Trinajstić information content (AvgIpc) is 2.79. The number of benzene rings is 1. The summed E-state index contributed by atoms with van der Waals surface area (Å²) in [5.74, 6) is 6.41. The van der Waals surface area contributed by atoms with Crippen molar-refractivity contribution in [3.8, 4) is 0 Å². The van der Waals surface area contributed by atoms with E-state index in [1.807, 2.05) is 0 Å². The second-order valence-corrected chi connectivity index (χ2v) is 5.27. The molecule has 0 bridgehead atoms. The van der Waals surface area contributed by atoms with Crippen LogP contribution in [0.2, 0.25) is 0 Å². The molecule has 0 saturated heterocycles. The number of nitrogens with two attached hydrogens (primary N) is 1. The van der Waals surface area contributed by atoms with Crippen molar-refractivity contribution in [3.63, 3.8) is 0 Å². The van der Waals surface area contributed by atoms with Crippen LogP contribution in [0.25, 0.3) is 10.8 Å². The van der Waals surface area contributed by atoms with Crippen LogP contribution >= 0.6 is 11.8 Å². The highest BCUT2D eigenvalue weighted by Gasteiger charge is 2.16. The summed E-state index contributed by atoms with van der Waals surface area (Å²) >= 11 is 1.30. The van der Waals surface area contributed by atoms with E-state index in [-0.39, 0.29) is 5.69 Å². The summed E-state index contributed by atoms with van der Waals surface area (Å²) in [5, 5.41) is 20.6. The zero-order chi connectivity index (χ0) is 15.0. The van der Waals surface area contributed by atoms with Crippen LogP contribution in [0, 0.1) is 17.0 Å². The lowest BCUT2D eigenvalue weighted by molar-refractivity contribution is -0.383. The van der Waals surface area contributed by atoms with Gasteiger partial charge in [0, 0.05) is 28.7 Å². The maximum atomic E-state index is 11.1. The van der Waals surface area contributed by atoms with Crippen LogP contribution in [-0.2, 0) is 0 Å². The molecular weight excluding hydrogens is 292 g/mol. The quantitative estimate of drug-likeness (QED) is 0.446. The molecule has 0 aliphatic heterocycles. The minimum atomic E-state index is -0.423. The molecule has 0 unspecified atom stereocenters. The SMILES string of the molecule is Cc1nnc(Sc2ccc([N+](=O)[O-])c3cnccc23)n1N. The molecule has 106 valence electrons. The molecule has 3 rings (SSSR count). The molecule has 21 heavy (non-hydrogen) atoms. The number of aromatic nitrogens is 4. The van der Waals surface area contributed by atoms with E-state index in [0.717, 1.165) is 10.3 Å². The number of nitro benzene ring substituents is 1. The molecule has 1 aromatic carbocycles. The molecule has 2 aromatic heterocycles. The zero-order valence-electron chi connectivity index (χ0n) is 10.9. The number of nitrogens with zero attached hydrogens (tertiary/aromatic N) is 5. The topological polar surface area (TPSA) is 113 Å². The molecule has 0 aliphatic rings. The van der Waals surface area contributed by atoms with Crippen molar-refractivity contribution in [2.45, 2.75) is 17.0 Å². The number of aryl methyl sites for hydroxylation is 1. The third-order valence-electron chi connectivity index (χ3n) is 2.99. The van der Waals surface area contributed by atoms with Gasteiger partial charge < -0.3 is 5.84 Å². The Kier molecular flexibility index (Phi) is 3.18. The highest BCUT2D eigenvalue weighted by molar-refractivity contribution is 7.99. The van der Waals surface area contributed by atoms with Crippen molar-refractivity contribution >= 4 is 28.2 Å². The third kappa shape index (κ3) is 2.27. The number of nitro groups is 1. The van der Waals surface area contributed by atoms with Gasteiger partial charge in [0.2, 0.25) is 5.16 Å². The van der Waals surface area contributed by atoms with Crippen LogP contribution in [0.4, 0.5) is 5.69 Å². The molecule has 8 nitrogen and oxygen atoms in total. The Morgan fingerprint density at radius 3 is 2.76 bits per heavy atom. The normalized spacial score (nSPS) is 10.9. The molecule has 2 heterocycles. The predicted octanol–water partition coefficient (Wildman–Crippen LogP) is 1.91. The highest BCUT2D eigenvalue weighted by Crippen LogP contribution is 2.35.